The smallest absolute Gasteiger partial charge is 0.255 e. The summed E-state index contributed by atoms with van der Waals surface area (Å²) in [4.78, 5) is 24.5. The lowest BCUT2D eigenvalue weighted by atomic mass is 10.1. The van der Waals surface area contributed by atoms with Crippen molar-refractivity contribution in [3.63, 3.8) is 0 Å². The Morgan fingerprint density at radius 2 is 1.58 bits per heavy atom. The molecule has 1 aromatic heterocycles. The molecule has 120 valence electrons. The Morgan fingerprint density at radius 3 is 2.25 bits per heavy atom. The van der Waals surface area contributed by atoms with E-state index in [0.29, 0.717) is 22.5 Å². The van der Waals surface area contributed by atoms with Crippen LogP contribution in [0.4, 0.5) is 11.4 Å². The number of amides is 2. The largest absolute Gasteiger partial charge is 0.322 e. The molecule has 6 nitrogen and oxygen atoms in total. The molecule has 3 N–H and O–H groups in total. The number of halogens is 1. The minimum Gasteiger partial charge on any atom is -0.322 e. The van der Waals surface area contributed by atoms with Crippen LogP contribution in [0.15, 0.2) is 65.4 Å². The quantitative estimate of drug-likeness (QED) is 0.641. The second-order valence-corrected chi connectivity index (χ2v) is 5.90. The summed E-state index contributed by atoms with van der Waals surface area (Å²) in [6, 6.07) is 13.8. The maximum Gasteiger partial charge on any atom is 0.255 e. The van der Waals surface area contributed by atoms with Crippen molar-refractivity contribution in [1.29, 1.82) is 0 Å². The molecule has 0 fully saturated rings. The van der Waals surface area contributed by atoms with Gasteiger partial charge in [0.1, 0.15) is 0 Å². The van der Waals surface area contributed by atoms with Crippen molar-refractivity contribution < 1.29 is 9.59 Å². The molecule has 24 heavy (non-hydrogen) atoms. The third-order valence-electron chi connectivity index (χ3n) is 3.23. The molecule has 0 aliphatic rings. The molecule has 2 amide bonds. The molecule has 0 spiro atoms. The van der Waals surface area contributed by atoms with Crippen molar-refractivity contribution in [2.24, 2.45) is 0 Å². The zero-order valence-corrected chi connectivity index (χ0v) is 14.0. The standard InChI is InChI=1S/C17H13BrN4O2/c18-13-5-1-3-11(7-13)16(23)21-14-6-2-4-12(8-14)17(24)22-15-9-19-20-10-15/h1-10H,(H,19,20)(H,21,23)(H,22,24). The van der Waals surface area contributed by atoms with Crippen molar-refractivity contribution in [2.45, 2.75) is 0 Å². The van der Waals surface area contributed by atoms with E-state index in [-0.39, 0.29) is 11.8 Å². The van der Waals surface area contributed by atoms with Gasteiger partial charge in [0.25, 0.3) is 11.8 Å². The number of benzene rings is 2. The summed E-state index contributed by atoms with van der Waals surface area (Å²) >= 11 is 3.33. The average molecular weight is 385 g/mol. The lowest BCUT2D eigenvalue weighted by Gasteiger charge is -2.08. The molecule has 0 radical (unpaired) electrons. The van der Waals surface area contributed by atoms with Crippen molar-refractivity contribution >= 4 is 39.1 Å². The van der Waals surface area contributed by atoms with Gasteiger partial charge >= 0.3 is 0 Å². The van der Waals surface area contributed by atoms with Crippen LogP contribution in [-0.4, -0.2) is 22.0 Å². The molecule has 1 heterocycles. The topological polar surface area (TPSA) is 86.9 Å². The number of aromatic amines is 1. The highest BCUT2D eigenvalue weighted by Crippen LogP contribution is 2.16. The number of carbonyl (C=O) groups is 2. The van der Waals surface area contributed by atoms with Gasteiger partial charge in [-0.2, -0.15) is 5.10 Å². The van der Waals surface area contributed by atoms with E-state index in [9.17, 15) is 9.59 Å². The third-order valence-corrected chi connectivity index (χ3v) is 3.72. The van der Waals surface area contributed by atoms with Crippen LogP contribution < -0.4 is 10.6 Å². The van der Waals surface area contributed by atoms with Gasteiger partial charge in [-0.1, -0.05) is 28.1 Å². The molecule has 2 aromatic carbocycles. The first-order valence-electron chi connectivity index (χ1n) is 7.09. The van der Waals surface area contributed by atoms with E-state index >= 15 is 0 Å². The Labute approximate surface area is 146 Å². The summed E-state index contributed by atoms with van der Waals surface area (Å²) in [5.74, 6) is -0.529. The number of carbonyl (C=O) groups excluding carboxylic acids is 2. The number of hydrogen-bond acceptors (Lipinski definition) is 3. The maximum atomic E-state index is 12.3. The number of aromatic nitrogens is 2. The number of nitrogens with zero attached hydrogens (tertiary/aromatic N) is 1. The van der Waals surface area contributed by atoms with Crippen molar-refractivity contribution in [3.05, 3.63) is 76.5 Å². The van der Waals surface area contributed by atoms with Crippen LogP contribution in [0.2, 0.25) is 0 Å². The molecule has 0 aliphatic carbocycles. The summed E-state index contributed by atoms with van der Waals surface area (Å²) in [6.45, 7) is 0. The molecule has 0 atom stereocenters. The van der Waals surface area contributed by atoms with Gasteiger partial charge < -0.3 is 10.6 Å². The highest BCUT2D eigenvalue weighted by molar-refractivity contribution is 9.10. The average Bonchev–Trinajstić information content (AvgIpc) is 3.08. The van der Waals surface area contributed by atoms with Gasteiger partial charge in [-0.15, -0.1) is 0 Å². The van der Waals surface area contributed by atoms with Crippen molar-refractivity contribution in [1.82, 2.24) is 10.2 Å². The van der Waals surface area contributed by atoms with Gasteiger partial charge in [-0.25, -0.2) is 0 Å². The van der Waals surface area contributed by atoms with Gasteiger partial charge in [0.05, 0.1) is 11.9 Å². The molecule has 0 saturated carbocycles. The Morgan fingerprint density at radius 1 is 0.917 bits per heavy atom. The predicted molar refractivity (Wildman–Crippen MR) is 95.1 cm³/mol. The second kappa shape index (κ2) is 7.10. The lowest BCUT2D eigenvalue weighted by Crippen LogP contribution is -2.14. The van der Waals surface area contributed by atoms with E-state index < -0.39 is 0 Å². The van der Waals surface area contributed by atoms with Crippen molar-refractivity contribution in [2.75, 3.05) is 10.6 Å². The SMILES string of the molecule is O=C(Nc1cccc(C(=O)Nc2cn[nH]c2)c1)c1cccc(Br)c1. The Balaban J connectivity index is 1.73. The molecule has 0 aliphatic heterocycles. The summed E-state index contributed by atoms with van der Waals surface area (Å²) in [7, 11) is 0. The fourth-order valence-electron chi connectivity index (χ4n) is 2.09. The summed E-state index contributed by atoms with van der Waals surface area (Å²) in [5, 5.41) is 11.9. The first kappa shape index (κ1) is 15.9. The Bertz CT molecular complexity index is 878. The van der Waals surface area contributed by atoms with E-state index in [1.165, 1.54) is 6.20 Å². The van der Waals surface area contributed by atoms with Gasteiger partial charge in [-0.05, 0) is 36.4 Å². The minimum atomic E-state index is -0.282. The number of rotatable bonds is 4. The first-order valence-corrected chi connectivity index (χ1v) is 7.88. The van der Waals surface area contributed by atoms with Gasteiger partial charge in [0.2, 0.25) is 0 Å². The van der Waals surface area contributed by atoms with Gasteiger partial charge in [0.15, 0.2) is 0 Å². The highest BCUT2D eigenvalue weighted by Gasteiger charge is 2.10. The Kier molecular flexibility index (Phi) is 4.72. The number of nitrogens with one attached hydrogen (secondary N) is 3. The first-order chi connectivity index (χ1) is 11.6. The summed E-state index contributed by atoms with van der Waals surface area (Å²) in [5.41, 5.74) is 2.07. The van der Waals surface area contributed by atoms with Crippen LogP contribution in [0.25, 0.3) is 0 Å². The lowest BCUT2D eigenvalue weighted by molar-refractivity contribution is 0.101. The van der Waals surface area contributed by atoms with Gasteiger partial charge in [0, 0.05) is 27.5 Å². The predicted octanol–water partition coefficient (Wildman–Crippen LogP) is 3.68. The van der Waals surface area contributed by atoms with Crippen LogP contribution in [0.3, 0.4) is 0 Å². The molecular weight excluding hydrogens is 372 g/mol. The van der Waals surface area contributed by atoms with Crippen molar-refractivity contribution in [3.8, 4) is 0 Å². The molecular formula is C17H13BrN4O2. The Hall–Kier alpha value is -2.93. The molecule has 7 heteroatoms. The number of hydrogen-bond donors (Lipinski definition) is 3. The normalized spacial score (nSPS) is 10.2. The maximum absolute atomic E-state index is 12.3. The van der Waals surface area contributed by atoms with E-state index in [4.69, 9.17) is 0 Å². The number of anilines is 2. The monoisotopic (exact) mass is 384 g/mol. The fraction of sp³-hybridized carbons (Fsp3) is 0. The van der Waals surface area contributed by atoms with E-state index in [0.717, 1.165) is 4.47 Å². The second-order valence-electron chi connectivity index (χ2n) is 4.99. The zero-order chi connectivity index (χ0) is 16.9. The van der Waals surface area contributed by atoms with Crippen LogP contribution in [0.1, 0.15) is 20.7 Å². The zero-order valence-electron chi connectivity index (χ0n) is 12.4. The molecule has 0 unspecified atom stereocenters. The van der Waals surface area contributed by atoms with Crippen LogP contribution in [0.5, 0.6) is 0 Å². The molecule has 3 rings (SSSR count). The summed E-state index contributed by atoms with van der Waals surface area (Å²) < 4.78 is 0.823. The fourth-order valence-corrected chi connectivity index (χ4v) is 2.49. The molecule has 3 aromatic rings. The molecule has 0 bridgehead atoms. The minimum absolute atomic E-state index is 0.247. The van der Waals surface area contributed by atoms with Crippen LogP contribution in [0, 0.1) is 0 Å². The number of H-pyrrole nitrogens is 1. The molecule has 0 saturated heterocycles. The van der Waals surface area contributed by atoms with E-state index in [1.807, 2.05) is 6.07 Å². The van der Waals surface area contributed by atoms with Crippen LogP contribution >= 0.6 is 15.9 Å². The highest BCUT2D eigenvalue weighted by atomic mass is 79.9. The van der Waals surface area contributed by atoms with E-state index in [1.54, 1.807) is 48.7 Å². The third kappa shape index (κ3) is 3.88. The van der Waals surface area contributed by atoms with E-state index in [2.05, 4.69) is 36.8 Å². The van der Waals surface area contributed by atoms with Crippen LogP contribution in [-0.2, 0) is 0 Å². The summed E-state index contributed by atoms with van der Waals surface area (Å²) in [6.07, 6.45) is 3.09. The van der Waals surface area contributed by atoms with Gasteiger partial charge in [-0.3, -0.25) is 14.7 Å².